The molecule has 0 heterocycles. The van der Waals surface area contributed by atoms with E-state index in [1.54, 1.807) is 11.8 Å². The average Bonchev–Trinajstić information content (AvgIpc) is 2.51. The highest BCUT2D eigenvalue weighted by Gasteiger charge is 2.05. The zero-order valence-electron chi connectivity index (χ0n) is 13.2. The van der Waals surface area contributed by atoms with Crippen molar-refractivity contribution in [1.29, 1.82) is 0 Å². The van der Waals surface area contributed by atoms with E-state index in [0.29, 0.717) is 19.4 Å². The molecule has 0 saturated carbocycles. The van der Waals surface area contributed by atoms with Crippen LogP contribution in [0.3, 0.4) is 0 Å². The first-order valence-corrected chi connectivity index (χ1v) is 8.86. The summed E-state index contributed by atoms with van der Waals surface area (Å²) in [4.78, 5) is 21.9. The van der Waals surface area contributed by atoms with E-state index in [-0.39, 0.29) is 12.8 Å². The molecule has 0 aliphatic rings. The zero-order chi connectivity index (χ0) is 16.9. The number of rotatable bonds is 13. The topological polar surface area (TPSA) is 83.8 Å². The highest BCUT2D eigenvalue weighted by molar-refractivity contribution is 7.99. The fourth-order valence-electron chi connectivity index (χ4n) is 2.01. The summed E-state index contributed by atoms with van der Waals surface area (Å²) in [5.74, 6) is 0.0773. The van der Waals surface area contributed by atoms with Crippen LogP contribution >= 0.6 is 11.8 Å². The van der Waals surface area contributed by atoms with E-state index in [2.05, 4.69) is 0 Å². The van der Waals surface area contributed by atoms with E-state index in [0.717, 1.165) is 35.7 Å². The van der Waals surface area contributed by atoms with Crippen molar-refractivity contribution in [3.63, 3.8) is 0 Å². The Morgan fingerprint density at radius 1 is 0.913 bits per heavy atom. The summed E-state index contributed by atoms with van der Waals surface area (Å²) in [6.45, 7) is 0.611. The second-order valence-corrected chi connectivity index (χ2v) is 6.34. The highest BCUT2D eigenvalue weighted by atomic mass is 32.2. The maximum absolute atomic E-state index is 10.5. The van der Waals surface area contributed by atoms with Gasteiger partial charge in [0.1, 0.15) is 5.75 Å². The Morgan fingerprint density at radius 3 is 2.30 bits per heavy atom. The Bertz CT molecular complexity index is 490. The van der Waals surface area contributed by atoms with Crippen molar-refractivity contribution in [3.05, 3.63) is 24.3 Å². The molecule has 0 amide bonds. The summed E-state index contributed by atoms with van der Waals surface area (Å²) in [6, 6.07) is 7.76. The molecule has 0 bridgehead atoms. The molecule has 0 spiro atoms. The van der Waals surface area contributed by atoms with Crippen LogP contribution in [-0.4, -0.2) is 34.5 Å². The summed E-state index contributed by atoms with van der Waals surface area (Å²) in [7, 11) is 0. The fourth-order valence-corrected chi connectivity index (χ4v) is 2.96. The number of unbranched alkanes of at least 4 members (excludes halogenated alkanes) is 3. The van der Waals surface area contributed by atoms with Gasteiger partial charge in [0.2, 0.25) is 0 Å². The van der Waals surface area contributed by atoms with Crippen LogP contribution in [0.15, 0.2) is 29.2 Å². The number of thioether (sulfide) groups is 1. The van der Waals surface area contributed by atoms with Gasteiger partial charge in [0.15, 0.2) is 0 Å². The number of carboxylic acids is 2. The minimum absolute atomic E-state index is 0.187. The van der Waals surface area contributed by atoms with Crippen LogP contribution in [0.4, 0.5) is 0 Å². The normalized spacial score (nSPS) is 10.4. The molecule has 1 rings (SSSR count). The lowest BCUT2D eigenvalue weighted by molar-refractivity contribution is -0.138. The van der Waals surface area contributed by atoms with Crippen molar-refractivity contribution in [2.24, 2.45) is 0 Å². The molecule has 0 fully saturated rings. The first kappa shape index (κ1) is 19.4. The smallest absolute Gasteiger partial charge is 0.303 e. The van der Waals surface area contributed by atoms with Gasteiger partial charge in [0, 0.05) is 17.7 Å². The van der Waals surface area contributed by atoms with Crippen LogP contribution in [0.25, 0.3) is 0 Å². The first-order chi connectivity index (χ1) is 11.1. The molecule has 2 N–H and O–H groups in total. The Balaban J connectivity index is 2.22. The van der Waals surface area contributed by atoms with Crippen LogP contribution in [0, 0.1) is 0 Å². The van der Waals surface area contributed by atoms with Gasteiger partial charge >= 0.3 is 11.9 Å². The predicted octanol–water partition coefficient (Wildman–Crippen LogP) is 4.06. The summed E-state index contributed by atoms with van der Waals surface area (Å²) in [5, 5.41) is 17.2. The molecule has 0 radical (unpaired) electrons. The summed E-state index contributed by atoms with van der Waals surface area (Å²) >= 11 is 1.61. The molecule has 0 aliphatic carbocycles. The van der Waals surface area contributed by atoms with Gasteiger partial charge in [0.05, 0.1) is 6.61 Å². The molecule has 23 heavy (non-hydrogen) atoms. The number of hydrogen-bond donors (Lipinski definition) is 2. The van der Waals surface area contributed by atoms with E-state index < -0.39 is 11.9 Å². The lowest BCUT2D eigenvalue weighted by atomic mass is 10.1. The maximum atomic E-state index is 10.5. The van der Waals surface area contributed by atoms with Gasteiger partial charge < -0.3 is 14.9 Å². The summed E-state index contributed by atoms with van der Waals surface area (Å²) < 4.78 is 5.79. The van der Waals surface area contributed by atoms with E-state index >= 15 is 0 Å². The SMILES string of the molecule is O=C(O)CCCCCCOc1ccccc1SCCCC(=O)O. The number of aliphatic carboxylic acids is 2. The van der Waals surface area contributed by atoms with E-state index in [1.807, 2.05) is 24.3 Å². The molecular formula is C17H24O5S. The molecule has 0 aliphatic heterocycles. The predicted molar refractivity (Wildman–Crippen MR) is 90.3 cm³/mol. The monoisotopic (exact) mass is 340 g/mol. The van der Waals surface area contributed by atoms with Crippen molar-refractivity contribution in [3.8, 4) is 5.75 Å². The van der Waals surface area contributed by atoms with E-state index in [1.165, 1.54) is 0 Å². The van der Waals surface area contributed by atoms with E-state index in [4.69, 9.17) is 14.9 Å². The number of para-hydroxylation sites is 1. The van der Waals surface area contributed by atoms with Crippen LogP contribution < -0.4 is 4.74 Å². The molecule has 0 saturated heterocycles. The number of carboxylic acid groups (broad SMARTS) is 2. The van der Waals surface area contributed by atoms with Gasteiger partial charge in [-0.2, -0.15) is 0 Å². The van der Waals surface area contributed by atoms with Gasteiger partial charge in [-0.3, -0.25) is 9.59 Å². The van der Waals surface area contributed by atoms with Gasteiger partial charge in [-0.1, -0.05) is 25.0 Å². The Morgan fingerprint density at radius 2 is 1.57 bits per heavy atom. The van der Waals surface area contributed by atoms with Crippen LogP contribution in [0.2, 0.25) is 0 Å². The summed E-state index contributed by atoms with van der Waals surface area (Å²) in [5.41, 5.74) is 0. The lowest BCUT2D eigenvalue weighted by Gasteiger charge is -2.11. The lowest BCUT2D eigenvalue weighted by Crippen LogP contribution is -1.99. The van der Waals surface area contributed by atoms with Crippen LogP contribution in [-0.2, 0) is 9.59 Å². The molecule has 0 aromatic heterocycles. The van der Waals surface area contributed by atoms with Crippen molar-refractivity contribution >= 4 is 23.7 Å². The van der Waals surface area contributed by atoms with Crippen LogP contribution in [0.5, 0.6) is 5.75 Å². The third-order valence-corrected chi connectivity index (χ3v) is 4.33. The molecule has 128 valence electrons. The minimum atomic E-state index is -0.766. The Kier molecular flexibility index (Phi) is 9.95. The van der Waals surface area contributed by atoms with Gasteiger partial charge in [0.25, 0.3) is 0 Å². The number of ether oxygens (including phenoxy) is 1. The third-order valence-electron chi connectivity index (χ3n) is 3.18. The minimum Gasteiger partial charge on any atom is -0.492 e. The van der Waals surface area contributed by atoms with Gasteiger partial charge in [-0.05, 0) is 37.1 Å². The Hall–Kier alpha value is -1.69. The molecule has 0 unspecified atom stereocenters. The van der Waals surface area contributed by atoms with Gasteiger partial charge in [-0.25, -0.2) is 0 Å². The third kappa shape index (κ3) is 9.84. The van der Waals surface area contributed by atoms with Crippen LogP contribution in [0.1, 0.15) is 44.9 Å². The second-order valence-electron chi connectivity index (χ2n) is 5.20. The molecule has 1 aromatic rings. The number of benzene rings is 1. The number of carbonyl (C=O) groups is 2. The maximum Gasteiger partial charge on any atom is 0.303 e. The van der Waals surface area contributed by atoms with Crippen molar-refractivity contribution in [1.82, 2.24) is 0 Å². The molecule has 1 aromatic carbocycles. The number of hydrogen-bond acceptors (Lipinski definition) is 4. The van der Waals surface area contributed by atoms with E-state index in [9.17, 15) is 9.59 Å². The largest absolute Gasteiger partial charge is 0.492 e. The molecular weight excluding hydrogens is 316 g/mol. The zero-order valence-corrected chi connectivity index (χ0v) is 14.0. The molecule has 0 atom stereocenters. The second kappa shape index (κ2) is 11.8. The Labute approximate surface area is 141 Å². The van der Waals surface area contributed by atoms with Crippen molar-refractivity contribution < 1.29 is 24.5 Å². The standard InChI is InChI=1S/C17H24O5S/c18-16(19)10-3-1-2-6-12-22-14-8-4-5-9-15(14)23-13-7-11-17(20)21/h4-5,8-9H,1-3,6-7,10-13H2,(H,18,19)(H,20,21). The van der Waals surface area contributed by atoms with Gasteiger partial charge in [-0.15, -0.1) is 11.8 Å². The summed E-state index contributed by atoms with van der Waals surface area (Å²) in [6.07, 6.45) is 4.53. The first-order valence-electron chi connectivity index (χ1n) is 7.88. The van der Waals surface area contributed by atoms with Crippen molar-refractivity contribution in [2.75, 3.05) is 12.4 Å². The molecule has 6 heteroatoms. The highest BCUT2D eigenvalue weighted by Crippen LogP contribution is 2.29. The fraction of sp³-hybridized carbons (Fsp3) is 0.529. The average molecular weight is 340 g/mol. The van der Waals surface area contributed by atoms with Crippen molar-refractivity contribution in [2.45, 2.75) is 49.8 Å². The molecule has 5 nitrogen and oxygen atoms in total. The quantitative estimate of drug-likeness (QED) is 0.416.